The van der Waals surface area contributed by atoms with Gasteiger partial charge in [-0.15, -0.1) is 0 Å². The van der Waals surface area contributed by atoms with Crippen LogP contribution in [0.5, 0.6) is 11.5 Å². The van der Waals surface area contributed by atoms with E-state index in [1.807, 2.05) is 18.2 Å². The van der Waals surface area contributed by atoms with Gasteiger partial charge in [-0.1, -0.05) is 6.07 Å². The first kappa shape index (κ1) is 7.61. The molecular formula is C6H4BrNaO. The van der Waals surface area contributed by atoms with E-state index >= 15 is 0 Å². The average Bonchev–Trinajstić information content (AvgIpc) is 2.45. The SMILES string of the molecule is Brc1cccc2c1O2.[H-].[Na+]. The zero-order valence-electron chi connectivity index (χ0n) is 6.02. The van der Waals surface area contributed by atoms with E-state index in [-0.39, 0.29) is 31.0 Å². The third-order valence-electron chi connectivity index (χ3n) is 1.10. The smallest absolute Gasteiger partial charge is 1.00 e. The molecule has 0 radical (unpaired) electrons. The fourth-order valence-electron chi connectivity index (χ4n) is 0.656. The molecule has 0 spiro atoms. The first-order valence-electron chi connectivity index (χ1n) is 2.34. The second kappa shape index (κ2) is 2.62. The van der Waals surface area contributed by atoms with Crippen molar-refractivity contribution in [3.05, 3.63) is 22.7 Å². The average molecular weight is 195 g/mol. The van der Waals surface area contributed by atoms with Gasteiger partial charge in [0.25, 0.3) is 0 Å². The van der Waals surface area contributed by atoms with Gasteiger partial charge < -0.3 is 6.16 Å². The van der Waals surface area contributed by atoms with Crippen molar-refractivity contribution in [1.29, 1.82) is 0 Å². The molecular weight excluding hydrogens is 191 g/mol. The van der Waals surface area contributed by atoms with Crippen molar-refractivity contribution in [2.75, 3.05) is 0 Å². The minimum absolute atomic E-state index is 0. The van der Waals surface area contributed by atoms with Crippen LogP contribution in [-0.4, -0.2) is 0 Å². The summed E-state index contributed by atoms with van der Waals surface area (Å²) in [5, 5.41) is 0. The molecule has 3 heteroatoms. The fourth-order valence-corrected chi connectivity index (χ4v) is 1.09. The summed E-state index contributed by atoms with van der Waals surface area (Å²) in [5.41, 5.74) is 0. The predicted octanol–water partition coefficient (Wildman–Crippen LogP) is -0.329. The number of fused-ring (bicyclic) bond motifs is 1. The zero-order chi connectivity index (χ0) is 5.56. The van der Waals surface area contributed by atoms with E-state index in [0.29, 0.717) is 0 Å². The molecule has 1 nitrogen and oxygen atoms in total. The molecule has 1 aliphatic rings. The van der Waals surface area contributed by atoms with Gasteiger partial charge in [0.1, 0.15) is 0 Å². The summed E-state index contributed by atoms with van der Waals surface area (Å²) in [6.45, 7) is 0. The number of rotatable bonds is 0. The van der Waals surface area contributed by atoms with Gasteiger partial charge in [0.2, 0.25) is 0 Å². The minimum atomic E-state index is 0. The van der Waals surface area contributed by atoms with Crippen LogP contribution >= 0.6 is 15.9 Å². The summed E-state index contributed by atoms with van der Waals surface area (Å²) in [6, 6.07) is 5.86. The Morgan fingerprint density at radius 2 is 2.22 bits per heavy atom. The number of hydrogen-bond acceptors (Lipinski definition) is 1. The van der Waals surface area contributed by atoms with Crippen molar-refractivity contribution in [2.24, 2.45) is 0 Å². The molecule has 9 heavy (non-hydrogen) atoms. The van der Waals surface area contributed by atoms with E-state index in [1.54, 1.807) is 0 Å². The molecule has 0 saturated carbocycles. The maximum Gasteiger partial charge on any atom is 1.00 e. The molecule has 0 bridgehead atoms. The molecule has 0 aliphatic carbocycles. The monoisotopic (exact) mass is 194 g/mol. The van der Waals surface area contributed by atoms with Crippen LogP contribution in [0.1, 0.15) is 1.43 Å². The number of para-hydroxylation sites is 1. The second-order valence-corrected chi connectivity index (χ2v) is 2.52. The summed E-state index contributed by atoms with van der Waals surface area (Å²) < 4.78 is 6.07. The Bertz CT molecular complexity index is 241. The zero-order valence-corrected chi connectivity index (χ0v) is 8.60. The first-order valence-corrected chi connectivity index (χ1v) is 3.13. The van der Waals surface area contributed by atoms with E-state index in [2.05, 4.69) is 15.9 Å². The van der Waals surface area contributed by atoms with E-state index in [4.69, 9.17) is 4.74 Å². The van der Waals surface area contributed by atoms with Crippen molar-refractivity contribution < 1.29 is 35.7 Å². The van der Waals surface area contributed by atoms with Gasteiger partial charge in [-0.3, -0.25) is 0 Å². The summed E-state index contributed by atoms with van der Waals surface area (Å²) in [6.07, 6.45) is 0. The molecule has 2 rings (SSSR count). The van der Waals surface area contributed by atoms with Gasteiger partial charge in [-0.25, -0.2) is 0 Å². The van der Waals surface area contributed by atoms with Gasteiger partial charge in [0.15, 0.2) is 11.5 Å². The largest absolute Gasteiger partial charge is 1.00 e. The van der Waals surface area contributed by atoms with Gasteiger partial charge in [-0.05, 0) is 28.1 Å². The minimum Gasteiger partial charge on any atom is -1.00 e. The van der Waals surface area contributed by atoms with Gasteiger partial charge in [0, 0.05) is 0 Å². The molecule has 1 aliphatic heterocycles. The third kappa shape index (κ3) is 1.32. The molecule has 0 saturated heterocycles. The Balaban J connectivity index is 0.000000405. The van der Waals surface area contributed by atoms with Crippen molar-refractivity contribution in [1.82, 2.24) is 0 Å². The molecule has 0 atom stereocenters. The summed E-state index contributed by atoms with van der Waals surface area (Å²) in [4.78, 5) is 0. The van der Waals surface area contributed by atoms with Crippen molar-refractivity contribution in [2.45, 2.75) is 0 Å². The quantitative estimate of drug-likeness (QED) is 0.414. The van der Waals surface area contributed by atoms with Crippen LogP contribution in [-0.2, 0) is 0 Å². The maximum absolute atomic E-state index is 5.02. The number of halogens is 1. The van der Waals surface area contributed by atoms with Gasteiger partial charge in [-0.2, -0.15) is 0 Å². The maximum atomic E-state index is 5.02. The number of benzene rings is 1. The van der Waals surface area contributed by atoms with Crippen molar-refractivity contribution in [3.8, 4) is 11.5 Å². The predicted molar refractivity (Wildman–Crippen MR) is 35.3 cm³/mol. The van der Waals surface area contributed by atoms with E-state index in [9.17, 15) is 0 Å². The van der Waals surface area contributed by atoms with Crippen LogP contribution in [0.2, 0.25) is 0 Å². The van der Waals surface area contributed by atoms with Crippen molar-refractivity contribution >= 4 is 15.9 Å². The Labute approximate surface area is 85.3 Å². The molecule has 0 fully saturated rings. The van der Waals surface area contributed by atoms with Crippen LogP contribution in [0.4, 0.5) is 0 Å². The molecule has 1 aromatic carbocycles. The topological polar surface area (TPSA) is 12.5 Å². The van der Waals surface area contributed by atoms with Crippen LogP contribution in [0.25, 0.3) is 0 Å². The van der Waals surface area contributed by atoms with Crippen LogP contribution in [0, 0.1) is 0 Å². The van der Waals surface area contributed by atoms with Gasteiger partial charge in [0.05, 0.1) is 4.47 Å². The fraction of sp³-hybridized carbons (Fsp3) is 0. The Morgan fingerprint density at radius 1 is 1.44 bits per heavy atom. The molecule has 1 aromatic rings. The van der Waals surface area contributed by atoms with Gasteiger partial charge >= 0.3 is 29.6 Å². The van der Waals surface area contributed by atoms with E-state index < -0.39 is 0 Å². The van der Waals surface area contributed by atoms with E-state index in [0.717, 1.165) is 16.0 Å². The Kier molecular flexibility index (Phi) is 2.22. The molecule has 1 heterocycles. The Morgan fingerprint density at radius 3 is 2.78 bits per heavy atom. The summed E-state index contributed by atoms with van der Waals surface area (Å²) >= 11 is 3.32. The first-order chi connectivity index (χ1) is 3.88. The standard InChI is InChI=1S/C6H3BrO.Na.H/c7-4-2-1-3-5-6(4)8-5;;/h1-3H;;/q;+1;-1. The second-order valence-electron chi connectivity index (χ2n) is 1.67. The molecule has 0 amide bonds. The number of hydrogen-bond donors (Lipinski definition) is 0. The molecule has 0 N–H and O–H groups in total. The number of ether oxygens (including phenoxy) is 1. The van der Waals surface area contributed by atoms with Crippen molar-refractivity contribution in [3.63, 3.8) is 0 Å². The molecule has 42 valence electrons. The van der Waals surface area contributed by atoms with E-state index in [1.165, 1.54) is 0 Å². The normalized spacial score (nSPS) is 10.8. The summed E-state index contributed by atoms with van der Waals surface area (Å²) in [5.74, 6) is 1.99. The van der Waals surface area contributed by atoms with Crippen LogP contribution < -0.4 is 34.3 Å². The van der Waals surface area contributed by atoms with Crippen LogP contribution in [0.15, 0.2) is 22.7 Å². The third-order valence-corrected chi connectivity index (χ3v) is 1.73. The molecule has 0 aromatic heterocycles. The van der Waals surface area contributed by atoms with Crippen LogP contribution in [0.3, 0.4) is 0 Å². The Hall–Kier alpha value is 0.500. The molecule has 0 unspecified atom stereocenters. The summed E-state index contributed by atoms with van der Waals surface area (Å²) in [7, 11) is 0.